The van der Waals surface area contributed by atoms with Gasteiger partial charge in [0.15, 0.2) is 5.16 Å². The fourth-order valence-electron chi connectivity index (χ4n) is 2.45. The average molecular weight is 393 g/mol. The van der Waals surface area contributed by atoms with E-state index in [4.69, 9.17) is 0 Å². The lowest BCUT2D eigenvalue weighted by Crippen LogP contribution is -2.29. The quantitative estimate of drug-likeness (QED) is 0.459. The first-order chi connectivity index (χ1) is 12.6. The molecule has 0 fully saturated rings. The summed E-state index contributed by atoms with van der Waals surface area (Å²) >= 11 is 2.00. The van der Waals surface area contributed by atoms with Crippen LogP contribution in [0.1, 0.15) is 0 Å². The highest BCUT2D eigenvalue weighted by molar-refractivity contribution is 7.99. The van der Waals surface area contributed by atoms with Gasteiger partial charge in [0.05, 0.1) is 11.0 Å². The Morgan fingerprint density at radius 3 is 2.62 bits per heavy atom. The molecular formula is C18H17F2N3OS2. The van der Waals surface area contributed by atoms with E-state index in [1.165, 1.54) is 4.57 Å². The Morgan fingerprint density at radius 2 is 1.85 bits per heavy atom. The number of thioether (sulfide) groups is 2. The van der Waals surface area contributed by atoms with Crippen molar-refractivity contribution in [2.45, 2.75) is 22.4 Å². The van der Waals surface area contributed by atoms with Crippen LogP contribution in [0.3, 0.4) is 0 Å². The van der Waals surface area contributed by atoms with Gasteiger partial charge in [-0.1, -0.05) is 30.3 Å². The number of nitrogens with zero attached hydrogens (tertiary/aromatic N) is 2. The number of para-hydroxylation sites is 2. The number of carbonyl (C=O) groups is 1. The molecule has 3 aromatic rings. The van der Waals surface area contributed by atoms with Gasteiger partial charge in [-0.2, -0.15) is 8.78 Å². The van der Waals surface area contributed by atoms with E-state index in [1.807, 2.05) is 30.3 Å². The molecule has 0 unspecified atom stereocenters. The SMILES string of the molecule is O=C(Cn1c(SC(F)F)nc2ccccc21)NCCSc1ccccc1. The summed E-state index contributed by atoms with van der Waals surface area (Å²) in [6, 6.07) is 17.0. The molecule has 136 valence electrons. The van der Waals surface area contributed by atoms with Gasteiger partial charge >= 0.3 is 0 Å². The molecular weight excluding hydrogens is 376 g/mol. The first-order valence-electron chi connectivity index (χ1n) is 7.98. The van der Waals surface area contributed by atoms with Gasteiger partial charge in [0.25, 0.3) is 5.76 Å². The van der Waals surface area contributed by atoms with Crippen LogP contribution in [0.15, 0.2) is 64.6 Å². The third kappa shape index (κ3) is 4.98. The number of halogens is 2. The van der Waals surface area contributed by atoms with E-state index in [2.05, 4.69) is 10.3 Å². The molecule has 2 aromatic carbocycles. The fourth-order valence-corrected chi connectivity index (χ4v) is 3.84. The number of imidazole rings is 1. The van der Waals surface area contributed by atoms with Gasteiger partial charge in [-0.05, 0) is 36.0 Å². The molecule has 1 aromatic heterocycles. The Bertz CT molecular complexity index is 871. The second-order valence-corrected chi connectivity index (χ2v) is 7.48. The molecule has 0 aliphatic carbocycles. The number of hydrogen-bond acceptors (Lipinski definition) is 4. The van der Waals surface area contributed by atoms with Crippen LogP contribution in [0.25, 0.3) is 11.0 Å². The van der Waals surface area contributed by atoms with Crippen LogP contribution in [0, 0.1) is 0 Å². The van der Waals surface area contributed by atoms with Crippen molar-refractivity contribution in [1.29, 1.82) is 0 Å². The highest BCUT2D eigenvalue weighted by Gasteiger charge is 2.17. The monoisotopic (exact) mass is 393 g/mol. The molecule has 0 aliphatic rings. The molecule has 1 N–H and O–H groups in total. The summed E-state index contributed by atoms with van der Waals surface area (Å²) in [4.78, 5) is 17.6. The van der Waals surface area contributed by atoms with Gasteiger partial charge in [0, 0.05) is 17.2 Å². The van der Waals surface area contributed by atoms with E-state index < -0.39 is 5.76 Å². The first-order valence-corrected chi connectivity index (χ1v) is 9.84. The van der Waals surface area contributed by atoms with Crippen molar-refractivity contribution >= 4 is 40.5 Å². The van der Waals surface area contributed by atoms with Crippen LogP contribution in [-0.2, 0) is 11.3 Å². The van der Waals surface area contributed by atoms with E-state index in [0.717, 1.165) is 10.6 Å². The topological polar surface area (TPSA) is 46.9 Å². The molecule has 1 heterocycles. The van der Waals surface area contributed by atoms with Crippen LogP contribution in [0.5, 0.6) is 0 Å². The van der Waals surface area contributed by atoms with Gasteiger partial charge in [-0.3, -0.25) is 4.79 Å². The number of amides is 1. The molecule has 0 spiro atoms. The number of rotatable bonds is 8. The van der Waals surface area contributed by atoms with Crippen LogP contribution in [-0.4, -0.2) is 33.5 Å². The van der Waals surface area contributed by atoms with Gasteiger partial charge < -0.3 is 9.88 Å². The largest absolute Gasteiger partial charge is 0.354 e. The molecule has 0 atom stereocenters. The fraction of sp³-hybridized carbons (Fsp3) is 0.222. The second-order valence-electron chi connectivity index (χ2n) is 5.36. The average Bonchev–Trinajstić information content (AvgIpc) is 2.96. The molecule has 0 aliphatic heterocycles. The maximum Gasteiger partial charge on any atom is 0.291 e. The van der Waals surface area contributed by atoms with Gasteiger partial charge in [-0.15, -0.1) is 11.8 Å². The summed E-state index contributed by atoms with van der Waals surface area (Å²) < 4.78 is 27.1. The standard InChI is InChI=1S/C18H17F2N3OS2/c19-17(20)26-18-22-14-8-4-5-9-15(14)23(18)12-16(24)21-10-11-25-13-6-2-1-3-7-13/h1-9,17H,10-12H2,(H,21,24). The maximum absolute atomic E-state index is 12.8. The van der Waals surface area contributed by atoms with Crippen molar-refractivity contribution in [1.82, 2.24) is 14.9 Å². The number of carbonyl (C=O) groups excluding carboxylic acids is 1. The number of benzene rings is 2. The lowest BCUT2D eigenvalue weighted by molar-refractivity contribution is -0.121. The van der Waals surface area contributed by atoms with E-state index in [0.29, 0.717) is 29.3 Å². The molecule has 1 amide bonds. The van der Waals surface area contributed by atoms with E-state index in [9.17, 15) is 13.6 Å². The van der Waals surface area contributed by atoms with Crippen molar-refractivity contribution in [3.05, 3.63) is 54.6 Å². The Kier molecular flexibility index (Phi) is 6.51. The summed E-state index contributed by atoms with van der Waals surface area (Å²) in [5.41, 5.74) is 1.27. The smallest absolute Gasteiger partial charge is 0.291 e. The van der Waals surface area contributed by atoms with E-state index >= 15 is 0 Å². The Morgan fingerprint density at radius 1 is 1.12 bits per heavy atom. The maximum atomic E-state index is 12.8. The lowest BCUT2D eigenvalue weighted by Gasteiger charge is -2.09. The summed E-state index contributed by atoms with van der Waals surface area (Å²) in [6.45, 7) is 0.466. The zero-order valence-corrected chi connectivity index (χ0v) is 15.4. The van der Waals surface area contributed by atoms with Crippen LogP contribution < -0.4 is 5.32 Å². The summed E-state index contributed by atoms with van der Waals surface area (Å²) in [5.74, 6) is -2.08. The molecule has 0 saturated heterocycles. The number of hydrogen-bond donors (Lipinski definition) is 1. The molecule has 0 radical (unpaired) electrons. The van der Waals surface area contributed by atoms with Crippen LogP contribution in [0.2, 0.25) is 0 Å². The summed E-state index contributed by atoms with van der Waals surface area (Å²) in [7, 11) is 0. The zero-order chi connectivity index (χ0) is 18.4. The second kappa shape index (κ2) is 9.05. The molecule has 4 nitrogen and oxygen atoms in total. The Balaban J connectivity index is 1.59. The number of fused-ring (bicyclic) bond motifs is 1. The van der Waals surface area contributed by atoms with Crippen LogP contribution >= 0.6 is 23.5 Å². The summed E-state index contributed by atoms with van der Waals surface area (Å²) in [6.07, 6.45) is 0. The number of aromatic nitrogens is 2. The van der Waals surface area contributed by atoms with Gasteiger partial charge in [0.1, 0.15) is 6.54 Å². The van der Waals surface area contributed by atoms with E-state index in [1.54, 1.807) is 36.0 Å². The highest BCUT2D eigenvalue weighted by atomic mass is 32.2. The minimum atomic E-state index is -2.59. The third-order valence-electron chi connectivity index (χ3n) is 3.55. The highest BCUT2D eigenvalue weighted by Crippen LogP contribution is 2.28. The third-order valence-corrected chi connectivity index (χ3v) is 5.27. The number of nitrogens with one attached hydrogen (secondary N) is 1. The van der Waals surface area contributed by atoms with Crippen molar-refractivity contribution in [3.8, 4) is 0 Å². The van der Waals surface area contributed by atoms with Crippen molar-refractivity contribution in [3.63, 3.8) is 0 Å². The Hall–Kier alpha value is -2.06. The normalized spacial score (nSPS) is 11.2. The molecule has 26 heavy (non-hydrogen) atoms. The zero-order valence-electron chi connectivity index (χ0n) is 13.8. The van der Waals surface area contributed by atoms with Gasteiger partial charge in [-0.25, -0.2) is 4.98 Å². The van der Waals surface area contributed by atoms with Crippen molar-refractivity contribution in [2.24, 2.45) is 0 Å². The predicted molar refractivity (Wildman–Crippen MR) is 102 cm³/mol. The minimum Gasteiger partial charge on any atom is -0.354 e. The molecule has 3 rings (SSSR count). The minimum absolute atomic E-state index is 0.0361. The van der Waals surface area contributed by atoms with Crippen molar-refractivity contribution in [2.75, 3.05) is 12.3 Å². The number of alkyl halides is 2. The van der Waals surface area contributed by atoms with Gasteiger partial charge in [0.2, 0.25) is 5.91 Å². The molecule has 8 heteroatoms. The van der Waals surface area contributed by atoms with Crippen LogP contribution in [0.4, 0.5) is 8.78 Å². The summed E-state index contributed by atoms with van der Waals surface area (Å²) in [5, 5.41) is 2.98. The molecule has 0 saturated carbocycles. The van der Waals surface area contributed by atoms with Crippen molar-refractivity contribution < 1.29 is 13.6 Å². The van der Waals surface area contributed by atoms with E-state index in [-0.39, 0.29) is 17.6 Å². The first kappa shape index (κ1) is 18.7. The lowest BCUT2D eigenvalue weighted by atomic mass is 10.3. The molecule has 0 bridgehead atoms. The Labute approximate surface area is 158 Å². The predicted octanol–water partition coefficient (Wildman–Crippen LogP) is 4.26.